The van der Waals surface area contributed by atoms with Crippen LogP contribution >= 0.6 is 11.6 Å². The lowest BCUT2D eigenvalue weighted by atomic mass is 10.0. The van der Waals surface area contributed by atoms with E-state index in [0.717, 1.165) is 22.0 Å². The van der Waals surface area contributed by atoms with E-state index in [1.165, 1.54) is 12.1 Å². The molecule has 0 radical (unpaired) electrons. The molecule has 0 atom stereocenters. The first-order valence-corrected chi connectivity index (χ1v) is 10.0. The number of hydrogen-bond donors (Lipinski definition) is 2. The Hall–Kier alpha value is -2.15. The number of aryl methyl sites for hydroxylation is 2. The van der Waals surface area contributed by atoms with Crippen molar-refractivity contribution in [2.24, 2.45) is 0 Å². The summed E-state index contributed by atoms with van der Waals surface area (Å²) in [5, 5.41) is 1.29. The SMILES string of the molecule is Cc1cc(C)c2[nH]c(=O)c(CCNS(=O)(=O)c3cccc(Cl)c3)cc2c1. The van der Waals surface area contributed by atoms with Crippen LogP contribution in [0.4, 0.5) is 0 Å². The van der Waals surface area contributed by atoms with E-state index in [2.05, 4.69) is 9.71 Å². The van der Waals surface area contributed by atoms with Gasteiger partial charge >= 0.3 is 0 Å². The normalized spacial score (nSPS) is 11.8. The van der Waals surface area contributed by atoms with E-state index in [1.807, 2.05) is 32.0 Å². The molecule has 0 fully saturated rings. The predicted octanol–water partition coefficient (Wildman–Crippen LogP) is 3.32. The maximum atomic E-state index is 12.3. The van der Waals surface area contributed by atoms with Crippen molar-refractivity contribution < 1.29 is 8.42 Å². The summed E-state index contributed by atoms with van der Waals surface area (Å²) in [6.07, 6.45) is 0.290. The second kappa shape index (κ2) is 7.23. The number of sulfonamides is 1. The lowest BCUT2D eigenvalue weighted by Crippen LogP contribution is -2.27. The second-order valence-corrected chi connectivity index (χ2v) is 8.48. The summed E-state index contributed by atoms with van der Waals surface area (Å²) in [6, 6.07) is 11.9. The number of aromatic nitrogens is 1. The van der Waals surface area contributed by atoms with Crippen LogP contribution in [0.3, 0.4) is 0 Å². The van der Waals surface area contributed by atoms with Crippen LogP contribution in [-0.2, 0) is 16.4 Å². The highest BCUT2D eigenvalue weighted by Crippen LogP contribution is 2.18. The van der Waals surface area contributed by atoms with E-state index >= 15 is 0 Å². The molecule has 7 heteroatoms. The molecule has 2 aromatic carbocycles. The third kappa shape index (κ3) is 3.98. The number of pyridine rings is 1. The molecule has 0 aliphatic carbocycles. The van der Waals surface area contributed by atoms with Crippen LogP contribution < -0.4 is 10.3 Å². The molecule has 0 unspecified atom stereocenters. The smallest absolute Gasteiger partial charge is 0.251 e. The van der Waals surface area contributed by atoms with Crippen LogP contribution in [0, 0.1) is 13.8 Å². The molecule has 1 heterocycles. The predicted molar refractivity (Wildman–Crippen MR) is 104 cm³/mol. The van der Waals surface area contributed by atoms with Gasteiger partial charge in [-0.15, -0.1) is 0 Å². The molecule has 5 nitrogen and oxygen atoms in total. The standard InChI is InChI=1S/C19H19ClN2O3S/c1-12-8-13(2)18-15(9-12)10-14(19(23)22-18)6-7-21-26(24,25)17-5-3-4-16(20)11-17/h3-5,8-11,21H,6-7H2,1-2H3,(H,22,23). The van der Waals surface area contributed by atoms with Gasteiger partial charge in [-0.1, -0.05) is 29.3 Å². The zero-order valence-corrected chi connectivity index (χ0v) is 16.0. The molecule has 26 heavy (non-hydrogen) atoms. The maximum Gasteiger partial charge on any atom is 0.251 e. The van der Waals surface area contributed by atoms with Gasteiger partial charge < -0.3 is 4.98 Å². The lowest BCUT2D eigenvalue weighted by molar-refractivity contribution is 0.581. The van der Waals surface area contributed by atoms with E-state index in [9.17, 15) is 13.2 Å². The zero-order chi connectivity index (χ0) is 18.9. The molecule has 0 spiro atoms. The summed E-state index contributed by atoms with van der Waals surface area (Å²) in [7, 11) is -3.67. The average molecular weight is 391 g/mol. The molecule has 0 aliphatic rings. The van der Waals surface area contributed by atoms with Crippen molar-refractivity contribution in [2.45, 2.75) is 25.2 Å². The highest BCUT2D eigenvalue weighted by Gasteiger charge is 2.14. The van der Waals surface area contributed by atoms with Crippen LogP contribution in [0.1, 0.15) is 16.7 Å². The molecule has 0 saturated carbocycles. The fourth-order valence-electron chi connectivity index (χ4n) is 2.96. The minimum absolute atomic E-state index is 0.101. The number of fused-ring (bicyclic) bond motifs is 1. The van der Waals surface area contributed by atoms with E-state index in [4.69, 9.17) is 11.6 Å². The Morgan fingerprint density at radius 1 is 1.12 bits per heavy atom. The first-order chi connectivity index (χ1) is 12.3. The number of rotatable bonds is 5. The minimum atomic E-state index is -3.67. The lowest BCUT2D eigenvalue weighted by Gasteiger charge is -2.09. The summed E-state index contributed by atoms with van der Waals surface area (Å²) in [5.74, 6) is 0. The number of aromatic amines is 1. The van der Waals surface area contributed by atoms with Crippen LogP contribution in [0.15, 0.2) is 52.2 Å². The summed E-state index contributed by atoms with van der Waals surface area (Å²) >= 11 is 5.84. The molecule has 2 N–H and O–H groups in total. The molecule has 0 aliphatic heterocycles. The van der Waals surface area contributed by atoms with Crippen molar-refractivity contribution in [3.8, 4) is 0 Å². The van der Waals surface area contributed by atoms with Gasteiger partial charge in [0, 0.05) is 17.1 Å². The molecule has 136 valence electrons. The van der Waals surface area contributed by atoms with Gasteiger partial charge in [0.05, 0.1) is 10.4 Å². The van der Waals surface area contributed by atoms with Crippen molar-refractivity contribution in [1.82, 2.24) is 9.71 Å². The van der Waals surface area contributed by atoms with Crippen LogP contribution in [0.5, 0.6) is 0 Å². The Labute approximate surface area is 157 Å². The van der Waals surface area contributed by atoms with E-state index < -0.39 is 10.0 Å². The van der Waals surface area contributed by atoms with Gasteiger partial charge in [0.25, 0.3) is 5.56 Å². The number of H-pyrrole nitrogens is 1. The number of halogens is 1. The Bertz CT molecular complexity index is 1140. The van der Waals surface area contributed by atoms with Gasteiger partial charge in [-0.3, -0.25) is 4.79 Å². The number of hydrogen-bond acceptors (Lipinski definition) is 3. The van der Waals surface area contributed by atoms with Gasteiger partial charge in [0.1, 0.15) is 0 Å². The highest BCUT2D eigenvalue weighted by atomic mass is 35.5. The van der Waals surface area contributed by atoms with Crippen molar-refractivity contribution in [2.75, 3.05) is 6.54 Å². The highest BCUT2D eigenvalue weighted by molar-refractivity contribution is 7.89. The van der Waals surface area contributed by atoms with Gasteiger partial charge in [0.2, 0.25) is 10.0 Å². The Kier molecular flexibility index (Phi) is 5.18. The fourth-order valence-corrected chi connectivity index (χ4v) is 4.29. The molecular formula is C19H19ClN2O3S. The molecular weight excluding hydrogens is 372 g/mol. The van der Waals surface area contributed by atoms with Gasteiger partial charge in [-0.25, -0.2) is 13.1 Å². The molecule has 1 aromatic heterocycles. The Morgan fingerprint density at radius 3 is 2.62 bits per heavy atom. The molecule has 3 aromatic rings. The van der Waals surface area contributed by atoms with E-state index in [-0.39, 0.29) is 23.4 Å². The van der Waals surface area contributed by atoms with Gasteiger partial charge in [-0.05, 0) is 61.5 Å². The minimum Gasteiger partial charge on any atom is -0.321 e. The van der Waals surface area contributed by atoms with Crippen molar-refractivity contribution >= 4 is 32.5 Å². The van der Waals surface area contributed by atoms with Gasteiger partial charge in [-0.2, -0.15) is 0 Å². The van der Waals surface area contributed by atoms with Crippen LogP contribution in [-0.4, -0.2) is 19.9 Å². The Morgan fingerprint density at radius 2 is 1.88 bits per heavy atom. The summed E-state index contributed by atoms with van der Waals surface area (Å²) < 4.78 is 27.1. The first-order valence-electron chi connectivity index (χ1n) is 8.15. The molecule has 3 rings (SSSR count). The summed E-state index contributed by atoms with van der Waals surface area (Å²) in [6.45, 7) is 4.06. The van der Waals surface area contributed by atoms with Crippen LogP contribution in [0.25, 0.3) is 10.9 Å². The molecule has 0 saturated heterocycles. The third-order valence-corrected chi connectivity index (χ3v) is 5.86. The summed E-state index contributed by atoms with van der Waals surface area (Å²) in [5.41, 5.74) is 3.26. The Balaban J connectivity index is 1.80. The average Bonchev–Trinajstić information content (AvgIpc) is 2.56. The molecule has 0 amide bonds. The van der Waals surface area contributed by atoms with Crippen molar-refractivity contribution in [3.63, 3.8) is 0 Å². The van der Waals surface area contributed by atoms with E-state index in [0.29, 0.717) is 10.6 Å². The molecule has 0 bridgehead atoms. The van der Waals surface area contributed by atoms with Gasteiger partial charge in [0.15, 0.2) is 0 Å². The van der Waals surface area contributed by atoms with Crippen molar-refractivity contribution in [3.05, 3.63) is 74.5 Å². The monoisotopic (exact) mass is 390 g/mol. The number of benzene rings is 2. The first kappa shape index (κ1) is 18.6. The second-order valence-electron chi connectivity index (χ2n) is 6.27. The largest absolute Gasteiger partial charge is 0.321 e. The van der Waals surface area contributed by atoms with Crippen LogP contribution in [0.2, 0.25) is 5.02 Å². The topological polar surface area (TPSA) is 79.0 Å². The van der Waals surface area contributed by atoms with E-state index in [1.54, 1.807) is 12.1 Å². The summed E-state index contributed by atoms with van der Waals surface area (Å²) in [4.78, 5) is 15.3. The quantitative estimate of drug-likeness (QED) is 0.701. The fraction of sp³-hybridized carbons (Fsp3) is 0.211. The maximum absolute atomic E-state index is 12.3. The third-order valence-electron chi connectivity index (χ3n) is 4.16. The van der Waals surface area contributed by atoms with Crippen molar-refractivity contribution in [1.29, 1.82) is 0 Å². The number of nitrogens with one attached hydrogen (secondary N) is 2. The zero-order valence-electron chi connectivity index (χ0n) is 14.5.